The molecule has 2 aromatic heterocycles. The summed E-state index contributed by atoms with van der Waals surface area (Å²) in [6, 6.07) is 11.7. The zero-order valence-corrected chi connectivity index (χ0v) is 12.2. The lowest BCUT2D eigenvalue weighted by Crippen LogP contribution is -2.12. The number of aryl methyl sites for hydroxylation is 1. The maximum absolute atomic E-state index is 11.9. The Hall–Kier alpha value is -2.53. The van der Waals surface area contributed by atoms with E-state index < -0.39 is 0 Å². The fourth-order valence-corrected chi connectivity index (χ4v) is 2.26. The molecule has 0 atom stereocenters. The minimum Gasteiger partial charge on any atom is -0.377 e. The van der Waals surface area contributed by atoms with Crippen molar-refractivity contribution in [2.24, 2.45) is 0 Å². The smallest absolute Gasteiger partial charge is 0.258 e. The highest BCUT2D eigenvalue weighted by Crippen LogP contribution is 2.06. The largest absolute Gasteiger partial charge is 0.377 e. The van der Waals surface area contributed by atoms with Gasteiger partial charge in [-0.3, -0.25) is 9.78 Å². The van der Waals surface area contributed by atoms with E-state index in [9.17, 15) is 4.79 Å². The number of H-pyrrole nitrogens is 1. The van der Waals surface area contributed by atoms with Gasteiger partial charge in [0.15, 0.2) is 0 Å². The molecule has 0 fully saturated rings. The molecule has 5 nitrogen and oxygen atoms in total. The summed E-state index contributed by atoms with van der Waals surface area (Å²) in [4.78, 5) is 23.1. The van der Waals surface area contributed by atoms with Gasteiger partial charge in [-0.25, -0.2) is 4.98 Å². The van der Waals surface area contributed by atoms with Crippen molar-refractivity contribution in [2.45, 2.75) is 19.4 Å². The van der Waals surface area contributed by atoms with Crippen molar-refractivity contribution >= 4 is 10.9 Å². The first-order chi connectivity index (χ1) is 10.8. The second kappa shape index (κ2) is 6.95. The normalized spacial score (nSPS) is 10.9. The van der Waals surface area contributed by atoms with Crippen LogP contribution in [0.15, 0.2) is 53.6 Å². The Bertz CT molecular complexity index is 800. The summed E-state index contributed by atoms with van der Waals surface area (Å²) in [6.45, 7) is 1.23. The van der Waals surface area contributed by atoms with Crippen LogP contribution in [-0.4, -0.2) is 21.6 Å². The molecule has 0 saturated heterocycles. The van der Waals surface area contributed by atoms with Crippen molar-refractivity contribution in [1.29, 1.82) is 0 Å². The number of nitrogens with zero attached hydrogens (tertiary/aromatic N) is 2. The number of hydrogen-bond acceptors (Lipinski definition) is 4. The molecule has 0 unspecified atom stereocenters. The highest BCUT2D eigenvalue weighted by molar-refractivity contribution is 5.75. The molecule has 0 aliphatic carbocycles. The number of pyridine rings is 1. The Morgan fingerprint density at radius 1 is 1.14 bits per heavy atom. The molecule has 0 radical (unpaired) electrons. The predicted octanol–water partition coefficient (Wildman–Crippen LogP) is 2.47. The first kappa shape index (κ1) is 14.4. The number of ether oxygens (including phenoxy) is 1. The molecule has 1 aromatic carbocycles. The molecule has 3 aromatic rings. The van der Waals surface area contributed by atoms with Crippen LogP contribution in [0, 0.1) is 0 Å². The van der Waals surface area contributed by atoms with Gasteiger partial charge in [-0.1, -0.05) is 30.3 Å². The van der Waals surface area contributed by atoms with Crippen LogP contribution in [0.2, 0.25) is 0 Å². The fraction of sp³-hybridized carbons (Fsp3) is 0.235. The van der Waals surface area contributed by atoms with Gasteiger partial charge < -0.3 is 9.72 Å². The fourth-order valence-electron chi connectivity index (χ4n) is 2.26. The zero-order valence-electron chi connectivity index (χ0n) is 12.2. The summed E-state index contributed by atoms with van der Waals surface area (Å²) < 4.78 is 5.63. The first-order valence-electron chi connectivity index (χ1n) is 7.27. The van der Waals surface area contributed by atoms with E-state index >= 15 is 0 Å². The number of aromatic nitrogens is 3. The molecule has 22 heavy (non-hydrogen) atoms. The van der Waals surface area contributed by atoms with Gasteiger partial charge in [0.25, 0.3) is 5.56 Å². The van der Waals surface area contributed by atoms with E-state index in [0.717, 1.165) is 12.0 Å². The zero-order chi connectivity index (χ0) is 15.2. The van der Waals surface area contributed by atoms with E-state index in [2.05, 4.69) is 15.0 Å². The van der Waals surface area contributed by atoms with Gasteiger partial charge in [-0.05, 0) is 18.1 Å². The summed E-state index contributed by atoms with van der Waals surface area (Å²) in [5, 5.41) is 0.569. The molecule has 0 saturated carbocycles. The van der Waals surface area contributed by atoms with E-state index in [1.807, 2.05) is 30.3 Å². The van der Waals surface area contributed by atoms with Gasteiger partial charge in [-0.2, -0.15) is 0 Å². The molecule has 5 heteroatoms. The van der Waals surface area contributed by atoms with Crippen molar-refractivity contribution < 1.29 is 4.74 Å². The maximum Gasteiger partial charge on any atom is 0.258 e. The van der Waals surface area contributed by atoms with Gasteiger partial charge in [0, 0.05) is 19.2 Å². The van der Waals surface area contributed by atoms with Crippen LogP contribution in [0.1, 0.15) is 17.8 Å². The topological polar surface area (TPSA) is 67.9 Å². The Morgan fingerprint density at radius 2 is 2.00 bits per heavy atom. The molecule has 0 amide bonds. The Kier molecular flexibility index (Phi) is 4.56. The quantitative estimate of drug-likeness (QED) is 0.709. The average Bonchev–Trinajstić information content (AvgIpc) is 2.56. The number of benzene rings is 1. The molecule has 112 valence electrons. The van der Waals surface area contributed by atoms with E-state index in [0.29, 0.717) is 36.4 Å². The first-order valence-corrected chi connectivity index (χ1v) is 7.27. The molecular weight excluding hydrogens is 278 g/mol. The minimum absolute atomic E-state index is 0.118. The molecule has 0 spiro atoms. The van der Waals surface area contributed by atoms with Gasteiger partial charge in [0.1, 0.15) is 5.82 Å². The van der Waals surface area contributed by atoms with E-state index in [4.69, 9.17) is 4.74 Å². The van der Waals surface area contributed by atoms with Crippen LogP contribution >= 0.6 is 0 Å². The monoisotopic (exact) mass is 295 g/mol. The highest BCUT2D eigenvalue weighted by Gasteiger charge is 2.03. The second-order valence-electron chi connectivity index (χ2n) is 5.05. The van der Waals surface area contributed by atoms with Crippen LogP contribution in [0.4, 0.5) is 0 Å². The van der Waals surface area contributed by atoms with Crippen molar-refractivity contribution in [1.82, 2.24) is 15.0 Å². The van der Waals surface area contributed by atoms with Crippen LogP contribution in [0.25, 0.3) is 10.9 Å². The van der Waals surface area contributed by atoms with Crippen molar-refractivity contribution in [3.05, 3.63) is 70.5 Å². The lowest BCUT2D eigenvalue weighted by atomic mass is 10.2. The van der Waals surface area contributed by atoms with E-state index in [1.165, 1.54) is 0 Å². The molecule has 0 bridgehead atoms. The number of aromatic amines is 1. The highest BCUT2D eigenvalue weighted by atomic mass is 16.5. The lowest BCUT2D eigenvalue weighted by Gasteiger charge is -2.05. The summed E-state index contributed by atoms with van der Waals surface area (Å²) in [7, 11) is 0. The van der Waals surface area contributed by atoms with Crippen LogP contribution in [-0.2, 0) is 17.8 Å². The minimum atomic E-state index is -0.118. The summed E-state index contributed by atoms with van der Waals surface area (Å²) >= 11 is 0. The van der Waals surface area contributed by atoms with Gasteiger partial charge in [-0.15, -0.1) is 0 Å². The maximum atomic E-state index is 11.9. The van der Waals surface area contributed by atoms with Crippen molar-refractivity contribution in [3.8, 4) is 0 Å². The number of rotatable bonds is 6. The lowest BCUT2D eigenvalue weighted by molar-refractivity contribution is 0.118. The number of hydrogen-bond donors (Lipinski definition) is 1. The molecule has 3 rings (SSSR count). The Morgan fingerprint density at radius 3 is 2.86 bits per heavy atom. The number of fused-ring (bicyclic) bond motifs is 1. The Balaban J connectivity index is 1.53. The molecule has 2 heterocycles. The van der Waals surface area contributed by atoms with Crippen molar-refractivity contribution in [2.75, 3.05) is 6.61 Å². The number of nitrogens with one attached hydrogen (secondary N) is 1. The van der Waals surface area contributed by atoms with Crippen LogP contribution in [0.3, 0.4) is 0 Å². The molecule has 0 aliphatic heterocycles. The second-order valence-corrected chi connectivity index (χ2v) is 5.05. The van der Waals surface area contributed by atoms with E-state index in [1.54, 1.807) is 18.5 Å². The summed E-state index contributed by atoms with van der Waals surface area (Å²) in [5.41, 5.74) is 1.67. The van der Waals surface area contributed by atoms with Crippen LogP contribution < -0.4 is 5.56 Å². The van der Waals surface area contributed by atoms with Gasteiger partial charge in [0.05, 0.1) is 23.7 Å². The summed E-state index contributed by atoms with van der Waals surface area (Å²) in [5.74, 6) is 0.675. The van der Waals surface area contributed by atoms with Gasteiger partial charge in [0.2, 0.25) is 0 Å². The molecule has 0 aliphatic rings. The standard InChI is InChI=1S/C17H17N3O2/c21-17-14-8-9-18-11-15(14)19-16(20-17)7-4-10-22-12-13-5-2-1-3-6-13/h1-3,5-6,8-9,11H,4,7,10,12H2,(H,19,20,21). The molecule has 1 N–H and O–H groups in total. The Labute approximate surface area is 128 Å². The van der Waals surface area contributed by atoms with Crippen LogP contribution in [0.5, 0.6) is 0 Å². The predicted molar refractivity (Wildman–Crippen MR) is 84.6 cm³/mol. The third kappa shape index (κ3) is 3.56. The van der Waals surface area contributed by atoms with E-state index in [-0.39, 0.29) is 5.56 Å². The SMILES string of the molecule is O=c1[nH]c(CCCOCc2ccccc2)nc2cnccc12. The summed E-state index contributed by atoms with van der Waals surface area (Å²) in [6.07, 6.45) is 4.69. The average molecular weight is 295 g/mol. The third-order valence-corrected chi connectivity index (χ3v) is 3.37. The van der Waals surface area contributed by atoms with Crippen molar-refractivity contribution in [3.63, 3.8) is 0 Å². The van der Waals surface area contributed by atoms with Gasteiger partial charge >= 0.3 is 0 Å². The molecular formula is C17H17N3O2. The third-order valence-electron chi connectivity index (χ3n) is 3.37.